The van der Waals surface area contributed by atoms with Gasteiger partial charge in [0.2, 0.25) is 5.91 Å². The lowest BCUT2D eigenvalue weighted by molar-refractivity contribution is -0.140. The van der Waals surface area contributed by atoms with E-state index in [0.717, 1.165) is 6.07 Å². The Kier molecular flexibility index (Phi) is 10.3. The lowest BCUT2D eigenvalue weighted by Crippen LogP contribution is -2.45. The summed E-state index contributed by atoms with van der Waals surface area (Å²) >= 11 is 12.3. The number of rotatable bonds is 9. The number of anilines is 1. The van der Waals surface area contributed by atoms with Crippen LogP contribution in [-0.4, -0.2) is 48.8 Å². The summed E-state index contributed by atoms with van der Waals surface area (Å²) in [6.45, 7) is 4.92. The highest BCUT2D eigenvalue weighted by Crippen LogP contribution is 2.53. The molecule has 4 atom stereocenters. The quantitative estimate of drug-likeness (QED) is 0.219. The van der Waals surface area contributed by atoms with E-state index in [-0.39, 0.29) is 44.6 Å². The van der Waals surface area contributed by atoms with Gasteiger partial charge in [0, 0.05) is 22.5 Å². The molecule has 0 radical (unpaired) electrons. The van der Waals surface area contributed by atoms with Crippen molar-refractivity contribution in [3.05, 3.63) is 93.0 Å². The van der Waals surface area contributed by atoms with Crippen molar-refractivity contribution in [3.63, 3.8) is 0 Å². The van der Waals surface area contributed by atoms with Gasteiger partial charge in [0.05, 0.1) is 35.5 Å². The summed E-state index contributed by atoms with van der Waals surface area (Å²) in [6.07, 6.45) is 0.279. The molecule has 13 heteroatoms. The van der Waals surface area contributed by atoms with E-state index in [4.69, 9.17) is 37.8 Å². The van der Waals surface area contributed by atoms with Gasteiger partial charge in [-0.3, -0.25) is 4.79 Å². The minimum atomic E-state index is -1.82. The van der Waals surface area contributed by atoms with Gasteiger partial charge in [-0.2, -0.15) is 5.26 Å². The molecule has 1 fully saturated rings. The van der Waals surface area contributed by atoms with E-state index in [9.17, 15) is 19.6 Å². The van der Waals surface area contributed by atoms with E-state index < -0.39 is 64.9 Å². The topological polar surface area (TPSA) is 138 Å². The normalized spacial score (nSPS) is 20.9. The first-order chi connectivity index (χ1) is 21.6. The summed E-state index contributed by atoms with van der Waals surface area (Å²) < 4.78 is 41.8. The average molecular weight is 675 g/mol. The number of amides is 1. The molecule has 46 heavy (non-hydrogen) atoms. The van der Waals surface area contributed by atoms with Crippen molar-refractivity contribution in [2.75, 3.05) is 19.0 Å². The van der Waals surface area contributed by atoms with Gasteiger partial charge < -0.3 is 25.2 Å². The molecule has 1 aliphatic rings. The second kappa shape index (κ2) is 13.6. The molecule has 9 nitrogen and oxygen atoms in total. The fourth-order valence-corrected chi connectivity index (χ4v) is 6.24. The number of carboxylic acids is 1. The highest BCUT2D eigenvalue weighted by Gasteiger charge is 2.61. The molecular weight excluding hydrogens is 643 g/mol. The molecule has 3 aromatic carbocycles. The first-order valence-electron chi connectivity index (χ1n) is 14.1. The number of esters is 1. The highest BCUT2D eigenvalue weighted by atomic mass is 35.5. The summed E-state index contributed by atoms with van der Waals surface area (Å²) in [5.41, 5.74) is -2.33. The number of nitrogens with one attached hydrogen (secondary N) is 2. The number of methoxy groups -OCH3 is 1. The van der Waals surface area contributed by atoms with Gasteiger partial charge in [-0.05, 0) is 53.8 Å². The van der Waals surface area contributed by atoms with Crippen LogP contribution in [0.2, 0.25) is 10.0 Å². The van der Waals surface area contributed by atoms with Crippen molar-refractivity contribution in [1.29, 1.82) is 5.26 Å². The van der Waals surface area contributed by atoms with Gasteiger partial charge in [0.25, 0.3) is 0 Å². The van der Waals surface area contributed by atoms with Gasteiger partial charge in [0.1, 0.15) is 22.8 Å². The van der Waals surface area contributed by atoms with Crippen LogP contribution in [0.25, 0.3) is 0 Å². The van der Waals surface area contributed by atoms with Crippen LogP contribution in [0.15, 0.2) is 54.6 Å². The van der Waals surface area contributed by atoms with Crippen molar-refractivity contribution in [2.45, 2.75) is 50.6 Å². The summed E-state index contributed by atoms with van der Waals surface area (Å²) in [6, 6.07) is 12.1. The molecule has 3 N–H and O–H groups in total. The Morgan fingerprint density at radius 2 is 1.83 bits per heavy atom. The first kappa shape index (κ1) is 34.6. The Morgan fingerprint density at radius 1 is 1.11 bits per heavy atom. The summed E-state index contributed by atoms with van der Waals surface area (Å²) in [5, 5.41) is 25.6. The van der Waals surface area contributed by atoms with Crippen LogP contribution in [-0.2, 0) is 19.7 Å². The smallest absolute Gasteiger partial charge is 0.341 e. The van der Waals surface area contributed by atoms with Gasteiger partial charge in [0.15, 0.2) is 6.61 Å². The van der Waals surface area contributed by atoms with Crippen molar-refractivity contribution >= 4 is 46.7 Å². The molecule has 0 saturated carbocycles. The number of hydrogen-bond acceptors (Lipinski definition) is 7. The number of carboxylic acid groups (broad SMARTS) is 1. The average Bonchev–Trinajstić information content (AvgIpc) is 3.30. The van der Waals surface area contributed by atoms with Gasteiger partial charge in [-0.25, -0.2) is 18.4 Å². The second-order valence-electron chi connectivity index (χ2n) is 12.1. The zero-order valence-corrected chi connectivity index (χ0v) is 26.8. The lowest BCUT2D eigenvalue weighted by Gasteiger charge is -2.37. The van der Waals surface area contributed by atoms with Crippen LogP contribution in [0.1, 0.15) is 54.6 Å². The molecule has 0 aromatic heterocycles. The third-order valence-electron chi connectivity index (χ3n) is 7.75. The Balaban J connectivity index is 1.86. The second-order valence-corrected chi connectivity index (χ2v) is 12.9. The van der Waals surface area contributed by atoms with E-state index in [2.05, 4.69) is 16.7 Å². The van der Waals surface area contributed by atoms with E-state index in [1.807, 2.05) is 20.8 Å². The predicted molar refractivity (Wildman–Crippen MR) is 167 cm³/mol. The zero-order chi connectivity index (χ0) is 34.0. The fourth-order valence-electron chi connectivity index (χ4n) is 5.90. The number of ether oxygens (including phenoxy) is 2. The van der Waals surface area contributed by atoms with Crippen LogP contribution in [0.5, 0.6) is 5.75 Å². The van der Waals surface area contributed by atoms with Gasteiger partial charge in [-0.1, -0.05) is 62.2 Å². The molecule has 0 bridgehead atoms. The van der Waals surface area contributed by atoms with E-state index in [1.165, 1.54) is 55.6 Å². The molecule has 242 valence electrons. The van der Waals surface area contributed by atoms with Crippen LogP contribution in [0, 0.1) is 28.4 Å². The standard InChI is InChI=1S/C33H31Cl2F2N3O6/c1-32(2,3)14-25-33(16-38,20-10-9-18(34)13-22(20)36)27(19-6-5-7-21(35)28(19)37)29(40-25)30(43)39-23-11-8-17(12-24(23)45-4)31(44)46-15-26(41)42/h5-13,25,27,29,40H,14-15H2,1-4H3,(H,39,43)(H,41,42). The van der Waals surface area contributed by atoms with Crippen LogP contribution in [0.4, 0.5) is 14.5 Å². The lowest BCUT2D eigenvalue weighted by atomic mass is 9.62. The number of aliphatic carboxylic acids is 1. The van der Waals surface area contributed by atoms with Crippen LogP contribution < -0.4 is 15.4 Å². The number of nitriles is 1. The highest BCUT2D eigenvalue weighted by molar-refractivity contribution is 6.31. The van der Waals surface area contributed by atoms with Gasteiger partial charge in [-0.15, -0.1) is 0 Å². The minimum absolute atomic E-state index is 0.0307. The summed E-state index contributed by atoms with van der Waals surface area (Å²) in [5.74, 6) is -5.90. The molecule has 1 amide bonds. The van der Waals surface area contributed by atoms with E-state index in [1.54, 1.807) is 0 Å². The Hall–Kier alpha value is -4.24. The molecule has 1 aliphatic heterocycles. The number of benzene rings is 3. The van der Waals surface area contributed by atoms with Crippen molar-refractivity contribution in [2.24, 2.45) is 5.41 Å². The molecular formula is C33H31Cl2F2N3O6. The maximum absolute atomic E-state index is 15.9. The van der Waals surface area contributed by atoms with E-state index in [0.29, 0.717) is 0 Å². The monoisotopic (exact) mass is 673 g/mol. The number of carbonyl (C=O) groups excluding carboxylic acids is 2. The fraction of sp³-hybridized carbons (Fsp3) is 0.333. The molecule has 0 aliphatic carbocycles. The number of hydrogen-bond donors (Lipinski definition) is 3. The maximum Gasteiger partial charge on any atom is 0.341 e. The molecule has 0 spiro atoms. The maximum atomic E-state index is 15.9. The third kappa shape index (κ3) is 6.94. The van der Waals surface area contributed by atoms with E-state index >= 15 is 8.78 Å². The van der Waals surface area contributed by atoms with Crippen molar-refractivity contribution in [1.82, 2.24) is 5.32 Å². The zero-order valence-electron chi connectivity index (χ0n) is 25.3. The SMILES string of the molecule is COc1cc(C(=O)OCC(=O)O)ccc1NC(=O)C1NC(CC(C)(C)C)C(C#N)(c2ccc(Cl)cc2F)C1c1cccc(Cl)c1F. The third-order valence-corrected chi connectivity index (χ3v) is 8.28. The van der Waals surface area contributed by atoms with Crippen molar-refractivity contribution in [3.8, 4) is 11.8 Å². The molecule has 4 rings (SSSR count). The first-order valence-corrected chi connectivity index (χ1v) is 14.8. The summed E-state index contributed by atoms with van der Waals surface area (Å²) in [7, 11) is 1.29. The number of halogens is 4. The molecule has 1 heterocycles. The largest absolute Gasteiger partial charge is 0.495 e. The Bertz CT molecular complexity index is 1720. The van der Waals surface area contributed by atoms with Crippen LogP contribution in [0.3, 0.4) is 0 Å². The van der Waals surface area contributed by atoms with Crippen molar-refractivity contribution < 1.29 is 37.7 Å². The summed E-state index contributed by atoms with van der Waals surface area (Å²) in [4.78, 5) is 37.3. The molecule has 3 aromatic rings. The Morgan fingerprint density at radius 3 is 2.43 bits per heavy atom. The number of nitrogens with zero attached hydrogens (tertiary/aromatic N) is 1. The van der Waals surface area contributed by atoms with Gasteiger partial charge >= 0.3 is 11.9 Å². The molecule has 1 saturated heterocycles. The molecule has 4 unspecified atom stereocenters. The Labute approximate surface area is 274 Å². The number of carbonyl (C=O) groups is 3. The predicted octanol–water partition coefficient (Wildman–Crippen LogP) is 6.48. The van der Waals surface area contributed by atoms with Crippen LogP contribution >= 0.6 is 23.2 Å². The minimum Gasteiger partial charge on any atom is -0.495 e.